The monoisotopic (exact) mass is 355 g/mol. The molecule has 0 fully saturated rings. The molecule has 0 atom stereocenters. The van der Waals surface area contributed by atoms with Gasteiger partial charge in [0.15, 0.2) is 0 Å². The maximum absolute atomic E-state index is 12.4. The Labute approximate surface area is 151 Å². The Balaban J connectivity index is 1.81. The van der Waals surface area contributed by atoms with Gasteiger partial charge in [0.2, 0.25) is 0 Å². The fourth-order valence-corrected chi connectivity index (χ4v) is 2.71. The van der Waals surface area contributed by atoms with Crippen LogP contribution in [-0.2, 0) is 0 Å². The number of anilines is 1. The molecule has 2 aromatic carbocycles. The first kappa shape index (κ1) is 17.0. The van der Waals surface area contributed by atoms with Crippen LogP contribution in [0.5, 0.6) is 5.75 Å². The Bertz CT molecular complexity index is 917. The molecule has 0 unspecified atom stereocenters. The van der Waals surface area contributed by atoms with Crippen molar-refractivity contribution < 1.29 is 9.53 Å². The fourth-order valence-electron chi connectivity index (χ4n) is 2.59. The Morgan fingerprint density at radius 3 is 2.40 bits per heavy atom. The summed E-state index contributed by atoms with van der Waals surface area (Å²) in [6, 6.07) is 14.5. The quantitative estimate of drug-likeness (QED) is 0.754. The summed E-state index contributed by atoms with van der Waals surface area (Å²) in [6.45, 7) is 3.79. The Morgan fingerprint density at radius 2 is 1.80 bits per heavy atom. The highest BCUT2D eigenvalue weighted by molar-refractivity contribution is 6.31. The number of para-hydroxylation sites is 1. The Hall–Kier alpha value is -2.79. The van der Waals surface area contributed by atoms with Gasteiger partial charge >= 0.3 is 0 Å². The van der Waals surface area contributed by atoms with Crippen LogP contribution in [-0.4, -0.2) is 22.8 Å². The molecule has 0 aliphatic carbocycles. The Morgan fingerprint density at radius 1 is 1.12 bits per heavy atom. The summed E-state index contributed by atoms with van der Waals surface area (Å²) in [5.41, 5.74) is 3.71. The van der Waals surface area contributed by atoms with E-state index in [-0.39, 0.29) is 5.91 Å². The second-order valence-electron chi connectivity index (χ2n) is 5.60. The first-order valence-corrected chi connectivity index (χ1v) is 8.15. The number of aryl methyl sites for hydroxylation is 1. The second-order valence-corrected chi connectivity index (χ2v) is 5.98. The molecule has 1 amide bonds. The number of methoxy groups -OCH3 is 1. The van der Waals surface area contributed by atoms with Gasteiger partial charge in [-0.3, -0.25) is 4.79 Å². The lowest BCUT2D eigenvalue weighted by Gasteiger charge is -2.10. The van der Waals surface area contributed by atoms with Crippen molar-refractivity contribution >= 4 is 23.2 Å². The third-order valence-electron chi connectivity index (χ3n) is 3.92. The zero-order chi connectivity index (χ0) is 18.0. The molecule has 0 aliphatic rings. The topological polar surface area (TPSA) is 56.1 Å². The molecule has 1 N–H and O–H groups in total. The number of halogens is 1. The van der Waals surface area contributed by atoms with E-state index in [0.717, 1.165) is 17.1 Å². The number of aromatic nitrogens is 2. The van der Waals surface area contributed by atoms with Gasteiger partial charge < -0.3 is 10.1 Å². The lowest BCUT2D eigenvalue weighted by molar-refractivity contribution is 0.102. The number of carbonyl (C=O) groups is 1. The minimum Gasteiger partial charge on any atom is -0.496 e. The van der Waals surface area contributed by atoms with Crippen molar-refractivity contribution in [2.24, 2.45) is 0 Å². The SMILES string of the molecule is COc1ccccc1C(=O)Nc1ccc(-n2nc(C)c(Cl)c2C)cc1. The average molecular weight is 356 g/mol. The Kier molecular flexibility index (Phi) is 4.76. The van der Waals surface area contributed by atoms with E-state index < -0.39 is 0 Å². The normalized spacial score (nSPS) is 10.6. The van der Waals surface area contributed by atoms with Gasteiger partial charge in [-0.2, -0.15) is 5.10 Å². The summed E-state index contributed by atoms with van der Waals surface area (Å²) in [6.07, 6.45) is 0. The fraction of sp³-hybridized carbons (Fsp3) is 0.158. The summed E-state index contributed by atoms with van der Waals surface area (Å²) >= 11 is 6.19. The van der Waals surface area contributed by atoms with Crippen molar-refractivity contribution in [1.82, 2.24) is 9.78 Å². The van der Waals surface area contributed by atoms with E-state index in [0.29, 0.717) is 22.0 Å². The second kappa shape index (κ2) is 6.99. The van der Waals surface area contributed by atoms with Crippen LogP contribution in [0.4, 0.5) is 5.69 Å². The molecular weight excluding hydrogens is 338 g/mol. The lowest BCUT2D eigenvalue weighted by atomic mass is 10.2. The van der Waals surface area contributed by atoms with E-state index in [1.165, 1.54) is 0 Å². The zero-order valence-electron chi connectivity index (χ0n) is 14.2. The van der Waals surface area contributed by atoms with E-state index in [2.05, 4.69) is 10.4 Å². The van der Waals surface area contributed by atoms with Crippen molar-refractivity contribution in [3.63, 3.8) is 0 Å². The van der Waals surface area contributed by atoms with Crippen LogP contribution in [0.3, 0.4) is 0 Å². The van der Waals surface area contributed by atoms with Gasteiger partial charge in [0.05, 0.1) is 34.8 Å². The lowest BCUT2D eigenvalue weighted by Crippen LogP contribution is -2.13. The van der Waals surface area contributed by atoms with E-state index in [1.807, 2.05) is 44.2 Å². The number of hydrogen-bond donors (Lipinski definition) is 1. The maximum atomic E-state index is 12.4. The average Bonchev–Trinajstić information content (AvgIpc) is 2.89. The summed E-state index contributed by atoms with van der Waals surface area (Å²) < 4.78 is 7.00. The summed E-state index contributed by atoms with van der Waals surface area (Å²) in [5, 5.41) is 7.95. The van der Waals surface area contributed by atoms with Crippen LogP contribution < -0.4 is 10.1 Å². The largest absolute Gasteiger partial charge is 0.496 e. The van der Waals surface area contributed by atoms with Crippen molar-refractivity contribution in [2.75, 3.05) is 12.4 Å². The maximum Gasteiger partial charge on any atom is 0.259 e. The van der Waals surface area contributed by atoms with Gasteiger partial charge in [-0.25, -0.2) is 4.68 Å². The molecule has 0 saturated heterocycles. The summed E-state index contributed by atoms with van der Waals surface area (Å²) in [5.74, 6) is 0.313. The molecule has 0 spiro atoms. The van der Waals surface area contributed by atoms with Crippen LogP contribution >= 0.6 is 11.6 Å². The zero-order valence-corrected chi connectivity index (χ0v) is 15.0. The number of benzene rings is 2. The minimum atomic E-state index is -0.223. The standard InChI is InChI=1S/C19H18ClN3O2/c1-12-18(20)13(2)23(22-12)15-10-8-14(9-11-15)21-19(24)16-6-4-5-7-17(16)25-3/h4-11H,1-3H3,(H,21,24). The van der Waals surface area contributed by atoms with E-state index >= 15 is 0 Å². The first-order valence-electron chi connectivity index (χ1n) is 7.78. The minimum absolute atomic E-state index is 0.223. The number of nitrogens with zero attached hydrogens (tertiary/aromatic N) is 2. The van der Waals surface area contributed by atoms with Gasteiger partial charge in [0.1, 0.15) is 5.75 Å². The third-order valence-corrected chi connectivity index (χ3v) is 4.47. The molecule has 25 heavy (non-hydrogen) atoms. The summed E-state index contributed by atoms with van der Waals surface area (Å²) in [7, 11) is 1.54. The van der Waals surface area contributed by atoms with Gasteiger partial charge in [-0.05, 0) is 50.2 Å². The highest BCUT2D eigenvalue weighted by Crippen LogP contribution is 2.24. The van der Waals surface area contributed by atoms with Gasteiger partial charge in [-0.15, -0.1) is 0 Å². The number of ether oxygens (including phenoxy) is 1. The number of nitrogens with one attached hydrogen (secondary N) is 1. The van der Waals surface area contributed by atoms with Crippen LogP contribution in [0.2, 0.25) is 5.02 Å². The van der Waals surface area contributed by atoms with Gasteiger partial charge in [0.25, 0.3) is 5.91 Å². The summed E-state index contributed by atoms with van der Waals surface area (Å²) in [4.78, 5) is 12.4. The van der Waals surface area contributed by atoms with Crippen molar-refractivity contribution in [2.45, 2.75) is 13.8 Å². The van der Waals surface area contributed by atoms with Crippen LogP contribution in [0.1, 0.15) is 21.7 Å². The third kappa shape index (κ3) is 3.37. The number of carbonyl (C=O) groups excluding carboxylic acids is 1. The predicted molar refractivity (Wildman–Crippen MR) is 99.0 cm³/mol. The van der Waals surface area contributed by atoms with Crippen molar-refractivity contribution in [3.05, 3.63) is 70.5 Å². The first-order chi connectivity index (χ1) is 12.0. The molecule has 128 valence electrons. The molecule has 3 rings (SSSR count). The highest BCUT2D eigenvalue weighted by Gasteiger charge is 2.13. The molecule has 1 heterocycles. The molecular formula is C19H18ClN3O2. The van der Waals surface area contributed by atoms with Crippen molar-refractivity contribution in [1.29, 1.82) is 0 Å². The smallest absolute Gasteiger partial charge is 0.259 e. The number of amides is 1. The molecule has 1 aromatic heterocycles. The van der Waals surface area contributed by atoms with Crippen LogP contribution in [0.25, 0.3) is 5.69 Å². The predicted octanol–water partition coefficient (Wildman–Crippen LogP) is 4.40. The van der Waals surface area contributed by atoms with Gasteiger partial charge in [-0.1, -0.05) is 23.7 Å². The molecule has 3 aromatic rings. The van der Waals surface area contributed by atoms with Gasteiger partial charge in [0, 0.05) is 5.69 Å². The van der Waals surface area contributed by atoms with Crippen molar-refractivity contribution in [3.8, 4) is 11.4 Å². The number of hydrogen-bond acceptors (Lipinski definition) is 3. The van der Waals surface area contributed by atoms with E-state index in [4.69, 9.17) is 16.3 Å². The molecule has 0 saturated carbocycles. The molecule has 6 heteroatoms. The molecule has 0 bridgehead atoms. The number of rotatable bonds is 4. The highest BCUT2D eigenvalue weighted by atomic mass is 35.5. The van der Waals surface area contributed by atoms with E-state index in [1.54, 1.807) is 30.0 Å². The van der Waals surface area contributed by atoms with E-state index in [9.17, 15) is 4.79 Å². The van der Waals surface area contributed by atoms with Crippen LogP contribution in [0, 0.1) is 13.8 Å². The molecule has 5 nitrogen and oxygen atoms in total. The van der Waals surface area contributed by atoms with Crippen LogP contribution in [0.15, 0.2) is 48.5 Å². The molecule has 0 radical (unpaired) electrons. The molecule has 0 aliphatic heterocycles.